The summed E-state index contributed by atoms with van der Waals surface area (Å²) in [6.45, 7) is 3.97. The van der Waals surface area contributed by atoms with Crippen LogP contribution < -0.4 is 0 Å². The number of hydrogen-bond acceptors (Lipinski definition) is 1. The lowest BCUT2D eigenvalue weighted by Crippen LogP contribution is -2.37. The van der Waals surface area contributed by atoms with E-state index in [1.807, 2.05) is 0 Å². The maximum absolute atomic E-state index is 12.8. The van der Waals surface area contributed by atoms with Crippen LogP contribution in [0.1, 0.15) is 20.8 Å². The van der Waals surface area contributed by atoms with E-state index < -0.39 is 17.9 Å². The minimum atomic E-state index is -2.73. The van der Waals surface area contributed by atoms with Gasteiger partial charge in [0, 0.05) is 12.5 Å². The Morgan fingerprint density at radius 2 is 1.60 bits per heavy atom. The van der Waals surface area contributed by atoms with E-state index >= 15 is 0 Å². The first kappa shape index (κ1) is 9.82. The molecule has 0 N–H and O–H groups in total. The lowest BCUT2D eigenvalue weighted by molar-refractivity contribution is -0.138. The van der Waals surface area contributed by atoms with Gasteiger partial charge < -0.3 is 4.74 Å². The predicted octanol–water partition coefficient (Wildman–Crippen LogP) is 2.31. The van der Waals surface area contributed by atoms with Gasteiger partial charge in [0.1, 0.15) is 6.61 Å². The molecule has 0 fully saturated rings. The third-order valence-corrected chi connectivity index (χ3v) is 1.42. The van der Waals surface area contributed by atoms with E-state index in [-0.39, 0.29) is 0 Å². The number of ether oxygens (including phenoxy) is 1. The fourth-order valence-corrected chi connectivity index (χ4v) is 0.398. The Morgan fingerprint density at radius 1 is 1.20 bits per heavy atom. The maximum atomic E-state index is 12.8. The quantitative estimate of drug-likeness (QED) is 0.590. The zero-order valence-electron chi connectivity index (χ0n) is 6.87. The summed E-state index contributed by atoms with van der Waals surface area (Å²) in [6.07, 6.45) is 0. The summed E-state index contributed by atoms with van der Waals surface area (Å²) in [5, 5.41) is 0. The Hall–Kier alpha value is -0.180. The van der Waals surface area contributed by atoms with Gasteiger partial charge >= 0.3 is 0 Å². The molecule has 0 aliphatic carbocycles. The maximum Gasteiger partial charge on any atom is 0.275 e. The fourth-order valence-electron chi connectivity index (χ4n) is 0.398. The van der Waals surface area contributed by atoms with E-state index in [4.69, 9.17) is 0 Å². The van der Waals surface area contributed by atoms with Gasteiger partial charge in [0.25, 0.3) is 5.92 Å². The van der Waals surface area contributed by atoms with Crippen molar-refractivity contribution in [1.29, 1.82) is 0 Å². The highest BCUT2D eigenvalue weighted by molar-refractivity contribution is 4.80. The Kier molecular flexibility index (Phi) is 2.77. The van der Waals surface area contributed by atoms with Crippen molar-refractivity contribution in [2.75, 3.05) is 13.7 Å². The summed E-state index contributed by atoms with van der Waals surface area (Å²) in [7, 11) is 1.28. The second kappa shape index (κ2) is 2.82. The highest BCUT2D eigenvalue weighted by atomic mass is 19.3. The van der Waals surface area contributed by atoms with E-state index in [0.29, 0.717) is 0 Å². The third-order valence-electron chi connectivity index (χ3n) is 1.42. The summed E-state index contributed by atoms with van der Waals surface area (Å²) in [4.78, 5) is 0. The molecule has 3 heteroatoms. The van der Waals surface area contributed by atoms with Gasteiger partial charge in [0.2, 0.25) is 0 Å². The van der Waals surface area contributed by atoms with Crippen molar-refractivity contribution in [3.8, 4) is 0 Å². The number of halogens is 2. The van der Waals surface area contributed by atoms with Crippen molar-refractivity contribution in [2.24, 2.45) is 5.41 Å². The van der Waals surface area contributed by atoms with Crippen LogP contribution in [0, 0.1) is 5.41 Å². The van der Waals surface area contributed by atoms with Crippen molar-refractivity contribution in [2.45, 2.75) is 26.7 Å². The molecule has 0 amide bonds. The van der Waals surface area contributed by atoms with Crippen LogP contribution in [-0.4, -0.2) is 19.6 Å². The second-order valence-corrected chi connectivity index (χ2v) is 3.39. The summed E-state index contributed by atoms with van der Waals surface area (Å²) in [5.41, 5.74) is -1.01. The molecule has 0 aromatic heterocycles. The molecule has 0 radical (unpaired) electrons. The van der Waals surface area contributed by atoms with Crippen LogP contribution in [0.4, 0.5) is 8.78 Å². The monoisotopic (exact) mass is 152 g/mol. The highest BCUT2D eigenvalue weighted by Gasteiger charge is 2.42. The van der Waals surface area contributed by atoms with E-state index in [1.165, 1.54) is 27.9 Å². The van der Waals surface area contributed by atoms with Gasteiger partial charge in [-0.2, -0.15) is 0 Å². The van der Waals surface area contributed by atoms with Crippen LogP contribution in [0.5, 0.6) is 0 Å². The normalized spacial score (nSPS) is 13.8. The minimum absolute atomic E-state index is 0.503. The Bertz CT molecular complexity index is 105. The molecule has 0 saturated heterocycles. The first-order chi connectivity index (χ1) is 4.31. The molecule has 0 aromatic rings. The molecule has 0 aliphatic heterocycles. The van der Waals surface area contributed by atoms with Gasteiger partial charge in [-0.1, -0.05) is 20.8 Å². The Balaban J connectivity index is 4.10. The van der Waals surface area contributed by atoms with Crippen LogP contribution in [0.25, 0.3) is 0 Å². The van der Waals surface area contributed by atoms with E-state index in [9.17, 15) is 8.78 Å². The molecular formula is C7H14F2O. The smallest absolute Gasteiger partial charge is 0.275 e. The van der Waals surface area contributed by atoms with Crippen LogP contribution in [0.3, 0.4) is 0 Å². The zero-order chi connectivity index (χ0) is 8.41. The fraction of sp³-hybridized carbons (Fsp3) is 1.00. The number of alkyl halides is 2. The summed E-state index contributed by atoms with van der Waals surface area (Å²) in [5.74, 6) is -2.73. The van der Waals surface area contributed by atoms with Crippen LogP contribution in [0.15, 0.2) is 0 Å². The molecule has 1 nitrogen and oxygen atoms in total. The Labute approximate surface area is 60.4 Å². The first-order valence-corrected chi connectivity index (χ1v) is 3.18. The van der Waals surface area contributed by atoms with E-state index in [2.05, 4.69) is 4.74 Å². The number of hydrogen-bond donors (Lipinski definition) is 0. The average Bonchev–Trinajstić information content (AvgIpc) is 1.61. The van der Waals surface area contributed by atoms with Gasteiger partial charge in [0.15, 0.2) is 0 Å². The summed E-state index contributed by atoms with van der Waals surface area (Å²) >= 11 is 0. The largest absolute Gasteiger partial charge is 0.378 e. The average molecular weight is 152 g/mol. The minimum Gasteiger partial charge on any atom is -0.378 e. The van der Waals surface area contributed by atoms with Crippen molar-refractivity contribution < 1.29 is 13.5 Å². The van der Waals surface area contributed by atoms with Crippen molar-refractivity contribution in [3.05, 3.63) is 0 Å². The third kappa shape index (κ3) is 2.21. The molecule has 0 unspecified atom stereocenters. The van der Waals surface area contributed by atoms with Crippen molar-refractivity contribution in [3.63, 3.8) is 0 Å². The van der Waals surface area contributed by atoms with Crippen LogP contribution in [0.2, 0.25) is 0 Å². The molecule has 0 rings (SSSR count). The lowest BCUT2D eigenvalue weighted by atomic mass is 9.89. The van der Waals surface area contributed by atoms with Gasteiger partial charge in [-0.25, -0.2) is 8.78 Å². The van der Waals surface area contributed by atoms with Crippen LogP contribution in [-0.2, 0) is 4.74 Å². The molecule has 0 aromatic carbocycles. The SMILES string of the molecule is COCC(F)(F)C(C)(C)C. The number of rotatable bonds is 2. The molecule has 0 spiro atoms. The highest BCUT2D eigenvalue weighted by Crippen LogP contribution is 2.35. The molecular weight excluding hydrogens is 138 g/mol. The molecule has 10 heavy (non-hydrogen) atoms. The second-order valence-electron chi connectivity index (χ2n) is 3.39. The molecule has 0 saturated carbocycles. The van der Waals surface area contributed by atoms with Crippen molar-refractivity contribution >= 4 is 0 Å². The van der Waals surface area contributed by atoms with E-state index in [1.54, 1.807) is 0 Å². The van der Waals surface area contributed by atoms with Gasteiger partial charge in [-0.3, -0.25) is 0 Å². The molecule has 0 atom stereocenters. The van der Waals surface area contributed by atoms with E-state index in [0.717, 1.165) is 0 Å². The van der Waals surface area contributed by atoms with Crippen molar-refractivity contribution in [1.82, 2.24) is 0 Å². The Morgan fingerprint density at radius 3 is 1.70 bits per heavy atom. The van der Waals surface area contributed by atoms with Crippen LogP contribution >= 0.6 is 0 Å². The molecule has 0 heterocycles. The van der Waals surface area contributed by atoms with Gasteiger partial charge in [-0.15, -0.1) is 0 Å². The number of methoxy groups -OCH3 is 1. The topological polar surface area (TPSA) is 9.23 Å². The van der Waals surface area contributed by atoms with Gasteiger partial charge in [-0.05, 0) is 0 Å². The lowest BCUT2D eigenvalue weighted by Gasteiger charge is -2.29. The molecule has 0 aliphatic rings. The predicted molar refractivity (Wildman–Crippen MR) is 36.3 cm³/mol. The molecule has 62 valence electrons. The summed E-state index contributed by atoms with van der Waals surface area (Å²) < 4.78 is 30.0. The standard InChI is InChI=1S/C7H14F2O/c1-6(2,3)7(8,9)5-10-4/h5H2,1-4H3. The first-order valence-electron chi connectivity index (χ1n) is 3.18. The van der Waals surface area contributed by atoms with Gasteiger partial charge in [0.05, 0.1) is 0 Å². The zero-order valence-corrected chi connectivity index (χ0v) is 6.87. The summed E-state index contributed by atoms with van der Waals surface area (Å²) in [6, 6.07) is 0. The molecule has 0 bridgehead atoms.